The topological polar surface area (TPSA) is 66.8 Å². The molecule has 0 unspecified atom stereocenters. The van der Waals surface area contributed by atoms with Crippen molar-refractivity contribution in [2.45, 2.75) is 31.6 Å². The van der Waals surface area contributed by atoms with E-state index in [-0.39, 0.29) is 5.91 Å². The Kier molecular flexibility index (Phi) is 3.75. The molecule has 2 aromatic rings. The molecule has 1 saturated carbocycles. The highest BCUT2D eigenvalue weighted by atomic mass is 16.5. The van der Waals surface area contributed by atoms with Gasteiger partial charge in [0, 0.05) is 24.7 Å². The molecule has 0 bridgehead atoms. The summed E-state index contributed by atoms with van der Waals surface area (Å²) in [5.74, 6) is -0.114. The maximum absolute atomic E-state index is 11.8. The number of nitrogens with zero attached hydrogens (tertiary/aromatic N) is 1. The lowest BCUT2D eigenvalue weighted by molar-refractivity contribution is -0.140. The minimum atomic E-state index is -0.816. The molecule has 0 radical (unpaired) electrons. The summed E-state index contributed by atoms with van der Waals surface area (Å²) in [6.07, 6.45) is 2.12. The van der Waals surface area contributed by atoms with Crippen LogP contribution in [0.3, 0.4) is 0 Å². The average molecular weight is 351 g/mol. The number of carboxylic acid groups (broad SMARTS) is 1. The molecule has 26 heavy (non-hydrogen) atoms. The Hall–Kier alpha value is -2.82. The molecule has 1 aliphatic heterocycles. The van der Waals surface area contributed by atoms with E-state index in [2.05, 4.69) is 6.07 Å². The zero-order valence-corrected chi connectivity index (χ0v) is 14.9. The van der Waals surface area contributed by atoms with Gasteiger partial charge in [0.05, 0.1) is 12.5 Å². The summed E-state index contributed by atoms with van der Waals surface area (Å²) < 4.78 is 5.42. The van der Waals surface area contributed by atoms with Gasteiger partial charge in [-0.15, -0.1) is 0 Å². The van der Waals surface area contributed by atoms with Gasteiger partial charge in [-0.25, -0.2) is 0 Å². The van der Waals surface area contributed by atoms with Crippen LogP contribution in [0.1, 0.15) is 30.9 Å². The summed E-state index contributed by atoms with van der Waals surface area (Å²) >= 11 is 0. The van der Waals surface area contributed by atoms with E-state index in [0.29, 0.717) is 25.1 Å². The summed E-state index contributed by atoms with van der Waals surface area (Å²) in [6, 6.07) is 11.8. The van der Waals surface area contributed by atoms with Crippen molar-refractivity contribution in [2.75, 3.05) is 18.6 Å². The highest BCUT2D eigenvalue weighted by Crippen LogP contribution is 2.52. The SMILES string of the molecule is COc1ccc(-c2ccc3c(c2)CCN3C(C)=O)cc1C1(C(=O)O)CC1. The van der Waals surface area contributed by atoms with E-state index in [0.717, 1.165) is 34.4 Å². The van der Waals surface area contributed by atoms with Gasteiger partial charge in [-0.05, 0) is 60.2 Å². The van der Waals surface area contributed by atoms with Crippen LogP contribution in [0, 0.1) is 0 Å². The number of amides is 1. The third-order valence-corrected chi connectivity index (χ3v) is 5.56. The average Bonchev–Trinajstić information content (AvgIpc) is 3.34. The van der Waals surface area contributed by atoms with Crippen molar-refractivity contribution in [1.29, 1.82) is 0 Å². The highest BCUT2D eigenvalue weighted by Gasteiger charge is 2.53. The molecule has 2 aliphatic rings. The lowest BCUT2D eigenvalue weighted by Gasteiger charge is -2.17. The number of rotatable bonds is 4. The first kappa shape index (κ1) is 16.6. The number of aliphatic carboxylic acids is 1. The Morgan fingerprint density at radius 2 is 1.81 bits per heavy atom. The Labute approximate surface area is 152 Å². The predicted octanol–water partition coefficient (Wildman–Crippen LogP) is 3.39. The number of benzene rings is 2. The second kappa shape index (κ2) is 5.87. The molecule has 0 atom stereocenters. The van der Waals surface area contributed by atoms with Crippen molar-refractivity contribution in [1.82, 2.24) is 0 Å². The standard InChI is InChI=1S/C21H21NO4/c1-13(23)22-10-7-16-11-14(3-5-18(16)22)15-4-6-19(26-2)17(12-15)21(8-9-21)20(24)25/h3-6,11-12H,7-10H2,1-2H3,(H,24,25). The molecule has 1 heterocycles. The zero-order valence-electron chi connectivity index (χ0n) is 14.9. The van der Waals surface area contributed by atoms with Crippen LogP contribution in [0.4, 0.5) is 5.69 Å². The third kappa shape index (κ3) is 2.46. The number of anilines is 1. The molecule has 0 spiro atoms. The van der Waals surface area contributed by atoms with Gasteiger partial charge < -0.3 is 14.7 Å². The second-order valence-electron chi connectivity index (χ2n) is 7.07. The minimum Gasteiger partial charge on any atom is -0.496 e. The lowest BCUT2D eigenvalue weighted by atomic mass is 9.91. The molecule has 1 fully saturated rings. The van der Waals surface area contributed by atoms with Gasteiger partial charge >= 0.3 is 5.97 Å². The summed E-state index contributed by atoms with van der Waals surface area (Å²) in [4.78, 5) is 25.3. The van der Waals surface area contributed by atoms with Crippen LogP contribution >= 0.6 is 0 Å². The molecule has 1 aliphatic carbocycles. The lowest BCUT2D eigenvalue weighted by Crippen LogP contribution is -2.25. The largest absolute Gasteiger partial charge is 0.496 e. The van der Waals surface area contributed by atoms with E-state index in [1.54, 1.807) is 18.9 Å². The molecule has 2 aromatic carbocycles. The smallest absolute Gasteiger partial charge is 0.314 e. The fraction of sp³-hybridized carbons (Fsp3) is 0.333. The van der Waals surface area contributed by atoms with Crippen LogP contribution < -0.4 is 9.64 Å². The Morgan fingerprint density at radius 3 is 2.42 bits per heavy atom. The summed E-state index contributed by atoms with van der Waals surface area (Å²) in [5, 5.41) is 9.65. The molecule has 1 N–H and O–H groups in total. The van der Waals surface area contributed by atoms with Gasteiger partial charge in [0.25, 0.3) is 0 Å². The van der Waals surface area contributed by atoms with Crippen LogP contribution in [-0.2, 0) is 21.4 Å². The van der Waals surface area contributed by atoms with Crippen molar-refractivity contribution in [3.05, 3.63) is 47.5 Å². The Bertz CT molecular complexity index is 914. The molecule has 1 amide bonds. The number of carboxylic acids is 1. The van der Waals surface area contributed by atoms with E-state index in [9.17, 15) is 14.7 Å². The minimum absolute atomic E-state index is 0.0559. The molecule has 134 valence electrons. The van der Waals surface area contributed by atoms with Crippen LogP contribution in [0.2, 0.25) is 0 Å². The van der Waals surface area contributed by atoms with Crippen molar-refractivity contribution >= 4 is 17.6 Å². The van der Waals surface area contributed by atoms with E-state index in [1.807, 2.05) is 30.3 Å². The number of methoxy groups -OCH3 is 1. The Balaban J connectivity index is 1.76. The van der Waals surface area contributed by atoms with Gasteiger partial charge in [0.2, 0.25) is 5.91 Å². The number of hydrogen-bond donors (Lipinski definition) is 1. The van der Waals surface area contributed by atoms with E-state index < -0.39 is 11.4 Å². The fourth-order valence-corrected chi connectivity index (χ4v) is 3.89. The quantitative estimate of drug-likeness (QED) is 0.917. The summed E-state index contributed by atoms with van der Waals surface area (Å²) in [5.41, 5.74) is 4.05. The van der Waals surface area contributed by atoms with E-state index >= 15 is 0 Å². The van der Waals surface area contributed by atoms with Crippen LogP contribution in [0.5, 0.6) is 5.75 Å². The highest BCUT2D eigenvalue weighted by molar-refractivity contribution is 5.94. The van der Waals surface area contributed by atoms with Gasteiger partial charge in [0.15, 0.2) is 0 Å². The number of ether oxygens (including phenoxy) is 1. The second-order valence-corrected chi connectivity index (χ2v) is 7.07. The Morgan fingerprint density at radius 1 is 1.12 bits per heavy atom. The number of carbonyl (C=O) groups excluding carboxylic acids is 1. The molecule has 5 heteroatoms. The molecule has 5 nitrogen and oxygen atoms in total. The summed E-state index contributed by atoms with van der Waals surface area (Å²) in [7, 11) is 1.57. The van der Waals surface area contributed by atoms with Crippen molar-refractivity contribution in [3.8, 4) is 16.9 Å². The van der Waals surface area contributed by atoms with Crippen LogP contribution in [-0.4, -0.2) is 30.6 Å². The van der Waals surface area contributed by atoms with Gasteiger partial charge in [-0.1, -0.05) is 12.1 Å². The maximum atomic E-state index is 11.8. The van der Waals surface area contributed by atoms with E-state index in [1.165, 1.54) is 0 Å². The molecule has 0 saturated heterocycles. The number of carbonyl (C=O) groups is 2. The summed E-state index contributed by atoms with van der Waals surface area (Å²) in [6.45, 7) is 2.30. The van der Waals surface area contributed by atoms with E-state index in [4.69, 9.17) is 4.74 Å². The third-order valence-electron chi connectivity index (χ3n) is 5.56. The van der Waals surface area contributed by atoms with Crippen LogP contribution in [0.15, 0.2) is 36.4 Å². The van der Waals surface area contributed by atoms with Gasteiger partial charge in [-0.3, -0.25) is 9.59 Å². The number of hydrogen-bond acceptors (Lipinski definition) is 3. The fourth-order valence-electron chi connectivity index (χ4n) is 3.89. The number of fused-ring (bicyclic) bond motifs is 1. The van der Waals surface area contributed by atoms with Crippen LogP contribution in [0.25, 0.3) is 11.1 Å². The zero-order chi connectivity index (χ0) is 18.5. The molecule has 4 rings (SSSR count). The molecular formula is C21H21NO4. The van der Waals surface area contributed by atoms with Crippen molar-refractivity contribution in [3.63, 3.8) is 0 Å². The first-order valence-corrected chi connectivity index (χ1v) is 8.79. The first-order chi connectivity index (χ1) is 12.5. The predicted molar refractivity (Wildman–Crippen MR) is 98.7 cm³/mol. The normalized spacial score (nSPS) is 16.9. The first-order valence-electron chi connectivity index (χ1n) is 8.79. The maximum Gasteiger partial charge on any atom is 0.314 e. The molecule has 0 aromatic heterocycles. The monoisotopic (exact) mass is 351 g/mol. The van der Waals surface area contributed by atoms with Crippen molar-refractivity contribution in [2.24, 2.45) is 0 Å². The van der Waals surface area contributed by atoms with Gasteiger partial charge in [0.1, 0.15) is 5.75 Å². The van der Waals surface area contributed by atoms with Crippen molar-refractivity contribution < 1.29 is 19.4 Å². The van der Waals surface area contributed by atoms with Gasteiger partial charge in [-0.2, -0.15) is 0 Å². The molecular weight excluding hydrogens is 330 g/mol.